The van der Waals surface area contributed by atoms with Crippen molar-refractivity contribution in [2.45, 2.75) is 53.0 Å². The van der Waals surface area contributed by atoms with E-state index in [1.165, 1.54) is 0 Å². The zero-order valence-corrected chi connectivity index (χ0v) is 14.6. The van der Waals surface area contributed by atoms with Crippen molar-refractivity contribution in [3.8, 4) is 5.69 Å². The molecule has 0 aliphatic heterocycles. The maximum Gasteiger partial charge on any atom is 0.274 e. The van der Waals surface area contributed by atoms with Gasteiger partial charge in [0, 0.05) is 18.3 Å². The summed E-state index contributed by atoms with van der Waals surface area (Å²) in [5.74, 6) is 0.0221. The molecule has 0 aliphatic rings. The molecule has 0 atom stereocenters. The van der Waals surface area contributed by atoms with Crippen LogP contribution < -0.4 is 0 Å². The van der Waals surface area contributed by atoms with Gasteiger partial charge in [-0.25, -0.2) is 4.68 Å². The quantitative estimate of drug-likeness (QED) is 0.718. The molecule has 0 fully saturated rings. The van der Waals surface area contributed by atoms with Crippen LogP contribution in [0.3, 0.4) is 0 Å². The van der Waals surface area contributed by atoms with Crippen LogP contribution in [0.2, 0.25) is 0 Å². The van der Waals surface area contributed by atoms with Gasteiger partial charge in [-0.1, -0.05) is 38.0 Å². The summed E-state index contributed by atoms with van der Waals surface area (Å²) in [5, 5.41) is 4.54. The Morgan fingerprint density at radius 3 is 2.52 bits per heavy atom. The molecule has 4 nitrogen and oxygen atoms in total. The molecule has 0 saturated carbocycles. The SMILES string of the molecule is CCCCCN(C(=O)c1cc(C)n(-c2ccccc2)n1)C(C)C. The van der Waals surface area contributed by atoms with E-state index in [2.05, 4.69) is 25.9 Å². The molecule has 1 aromatic carbocycles. The van der Waals surface area contributed by atoms with Gasteiger partial charge in [0.15, 0.2) is 5.69 Å². The van der Waals surface area contributed by atoms with Gasteiger partial charge in [0.1, 0.15) is 0 Å². The highest BCUT2D eigenvalue weighted by molar-refractivity contribution is 5.92. The van der Waals surface area contributed by atoms with Crippen molar-refractivity contribution in [3.05, 3.63) is 47.8 Å². The molecule has 23 heavy (non-hydrogen) atoms. The first kappa shape index (κ1) is 17.3. The minimum absolute atomic E-state index is 0.0221. The molecule has 1 heterocycles. The summed E-state index contributed by atoms with van der Waals surface area (Å²) in [6.07, 6.45) is 3.34. The number of nitrogens with zero attached hydrogens (tertiary/aromatic N) is 3. The summed E-state index contributed by atoms with van der Waals surface area (Å²) in [6, 6.07) is 12.0. The summed E-state index contributed by atoms with van der Waals surface area (Å²) in [4.78, 5) is 14.8. The molecule has 2 aromatic rings. The van der Waals surface area contributed by atoms with E-state index in [-0.39, 0.29) is 11.9 Å². The van der Waals surface area contributed by atoms with Gasteiger partial charge >= 0.3 is 0 Å². The molecule has 0 aliphatic carbocycles. The number of aromatic nitrogens is 2. The number of hydrogen-bond acceptors (Lipinski definition) is 2. The average molecular weight is 313 g/mol. The topological polar surface area (TPSA) is 38.1 Å². The highest BCUT2D eigenvalue weighted by atomic mass is 16.2. The number of aryl methyl sites for hydroxylation is 1. The second kappa shape index (κ2) is 7.95. The van der Waals surface area contributed by atoms with Crippen LogP contribution in [0, 0.1) is 6.92 Å². The fraction of sp³-hybridized carbons (Fsp3) is 0.474. The van der Waals surface area contributed by atoms with Crippen molar-refractivity contribution in [1.29, 1.82) is 0 Å². The Labute approximate surface area is 139 Å². The third-order valence-corrected chi connectivity index (χ3v) is 3.99. The fourth-order valence-electron chi connectivity index (χ4n) is 2.68. The van der Waals surface area contributed by atoms with E-state index in [4.69, 9.17) is 0 Å². The Morgan fingerprint density at radius 2 is 1.91 bits per heavy atom. The lowest BCUT2D eigenvalue weighted by molar-refractivity contribution is 0.0695. The van der Waals surface area contributed by atoms with Gasteiger partial charge in [-0.2, -0.15) is 5.10 Å². The van der Waals surface area contributed by atoms with Crippen LogP contribution in [0.1, 0.15) is 56.2 Å². The molecule has 1 amide bonds. The molecule has 0 saturated heterocycles. The lowest BCUT2D eigenvalue weighted by atomic mass is 10.2. The van der Waals surface area contributed by atoms with Crippen LogP contribution in [0.25, 0.3) is 5.69 Å². The highest BCUT2D eigenvalue weighted by Crippen LogP contribution is 2.15. The molecule has 0 N–H and O–H groups in total. The highest BCUT2D eigenvalue weighted by Gasteiger charge is 2.21. The van der Waals surface area contributed by atoms with Gasteiger partial charge in [-0.05, 0) is 45.4 Å². The van der Waals surface area contributed by atoms with Crippen molar-refractivity contribution in [2.75, 3.05) is 6.54 Å². The van der Waals surface area contributed by atoms with E-state index >= 15 is 0 Å². The number of hydrogen-bond donors (Lipinski definition) is 0. The van der Waals surface area contributed by atoms with Crippen LogP contribution in [-0.2, 0) is 0 Å². The van der Waals surface area contributed by atoms with Crippen LogP contribution in [0.4, 0.5) is 0 Å². The van der Waals surface area contributed by atoms with Gasteiger partial charge in [-0.3, -0.25) is 4.79 Å². The molecule has 0 bridgehead atoms. The molecular formula is C19H27N3O. The maximum absolute atomic E-state index is 12.8. The molecule has 0 spiro atoms. The molecular weight excluding hydrogens is 286 g/mol. The van der Waals surface area contributed by atoms with Crippen molar-refractivity contribution >= 4 is 5.91 Å². The lowest BCUT2D eigenvalue weighted by Crippen LogP contribution is -2.38. The van der Waals surface area contributed by atoms with Crippen molar-refractivity contribution in [1.82, 2.24) is 14.7 Å². The van der Waals surface area contributed by atoms with E-state index in [1.807, 2.05) is 52.9 Å². The smallest absolute Gasteiger partial charge is 0.274 e. The van der Waals surface area contributed by atoms with Crippen LogP contribution in [0.5, 0.6) is 0 Å². The summed E-state index contributed by atoms with van der Waals surface area (Å²) < 4.78 is 1.83. The van der Waals surface area contributed by atoms with Gasteiger partial charge in [0.25, 0.3) is 5.91 Å². The van der Waals surface area contributed by atoms with E-state index < -0.39 is 0 Å². The van der Waals surface area contributed by atoms with Gasteiger partial charge < -0.3 is 4.90 Å². The Morgan fingerprint density at radius 1 is 1.22 bits per heavy atom. The molecule has 0 radical (unpaired) electrons. The minimum atomic E-state index is 0.0221. The second-order valence-corrected chi connectivity index (χ2v) is 6.22. The summed E-state index contributed by atoms with van der Waals surface area (Å²) in [5.41, 5.74) is 2.47. The number of rotatable bonds is 7. The van der Waals surface area contributed by atoms with E-state index in [9.17, 15) is 4.79 Å². The number of amides is 1. The number of carbonyl (C=O) groups excluding carboxylic acids is 1. The fourth-order valence-corrected chi connectivity index (χ4v) is 2.68. The van der Waals surface area contributed by atoms with Crippen molar-refractivity contribution < 1.29 is 4.79 Å². The van der Waals surface area contributed by atoms with Gasteiger partial charge in [0.2, 0.25) is 0 Å². The van der Waals surface area contributed by atoms with Crippen molar-refractivity contribution in [2.24, 2.45) is 0 Å². The van der Waals surface area contributed by atoms with E-state index in [0.29, 0.717) is 5.69 Å². The number of unbranched alkanes of at least 4 members (excludes halogenated alkanes) is 2. The van der Waals surface area contributed by atoms with Crippen LogP contribution in [-0.4, -0.2) is 33.2 Å². The normalized spacial score (nSPS) is 11.0. The van der Waals surface area contributed by atoms with Crippen LogP contribution >= 0.6 is 0 Å². The standard InChI is InChI=1S/C19H27N3O/c1-5-6-10-13-21(15(2)3)19(23)18-14-16(4)22(20-18)17-11-8-7-9-12-17/h7-9,11-12,14-15H,5-6,10,13H2,1-4H3. The first-order valence-corrected chi connectivity index (χ1v) is 8.47. The Balaban J connectivity index is 2.21. The van der Waals surface area contributed by atoms with Crippen LogP contribution in [0.15, 0.2) is 36.4 Å². The second-order valence-electron chi connectivity index (χ2n) is 6.22. The zero-order chi connectivity index (χ0) is 16.8. The summed E-state index contributed by atoms with van der Waals surface area (Å²) in [7, 11) is 0. The molecule has 1 aromatic heterocycles. The van der Waals surface area contributed by atoms with E-state index in [0.717, 1.165) is 37.2 Å². The molecule has 2 rings (SSSR count). The predicted molar refractivity (Wildman–Crippen MR) is 94.0 cm³/mol. The molecule has 124 valence electrons. The number of para-hydroxylation sites is 1. The monoisotopic (exact) mass is 313 g/mol. The van der Waals surface area contributed by atoms with Gasteiger partial charge in [0.05, 0.1) is 5.69 Å². The third kappa shape index (κ3) is 4.21. The Kier molecular flexibility index (Phi) is 5.97. The maximum atomic E-state index is 12.8. The first-order valence-electron chi connectivity index (χ1n) is 8.47. The lowest BCUT2D eigenvalue weighted by Gasteiger charge is -2.26. The number of carbonyl (C=O) groups is 1. The first-order chi connectivity index (χ1) is 11.0. The molecule has 4 heteroatoms. The number of benzene rings is 1. The largest absolute Gasteiger partial charge is 0.335 e. The van der Waals surface area contributed by atoms with E-state index in [1.54, 1.807) is 0 Å². The summed E-state index contributed by atoms with van der Waals surface area (Å²) >= 11 is 0. The zero-order valence-electron chi connectivity index (χ0n) is 14.6. The average Bonchev–Trinajstić information content (AvgIpc) is 2.93. The predicted octanol–water partition coefficient (Wildman–Crippen LogP) is 4.22. The minimum Gasteiger partial charge on any atom is -0.335 e. The third-order valence-electron chi connectivity index (χ3n) is 3.99. The van der Waals surface area contributed by atoms with Crippen molar-refractivity contribution in [3.63, 3.8) is 0 Å². The Hall–Kier alpha value is -2.10. The Bertz CT molecular complexity index is 631. The summed E-state index contributed by atoms with van der Waals surface area (Å²) in [6.45, 7) is 9.07. The van der Waals surface area contributed by atoms with Gasteiger partial charge in [-0.15, -0.1) is 0 Å². The molecule has 0 unspecified atom stereocenters.